The van der Waals surface area contributed by atoms with Gasteiger partial charge in [-0.15, -0.1) is 0 Å². The number of ether oxygens (including phenoxy) is 1. The van der Waals surface area contributed by atoms with Gasteiger partial charge in [0.1, 0.15) is 5.15 Å². The molecule has 0 aromatic carbocycles. The minimum absolute atomic E-state index is 0.126. The summed E-state index contributed by atoms with van der Waals surface area (Å²) in [6.45, 7) is 4.67. The number of carbonyl (C=O) groups excluding carboxylic acids is 1. The van der Waals surface area contributed by atoms with Gasteiger partial charge in [0.05, 0.1) is 24.1 Å². The van der Waals surface area contributed by atoms with Gasteiger partial charge in [0.2, 0.25) is 0 Å². The van der Waals surface area contributed by atoms with Gasteiger partial charge in [0.15, 0.2) is 0 Å². The minimum Gasteiger partial charge on any atom is -0.462 e. The molecule has 0 radical (unpaired) electrons. The number of carbonyl (C=O) groups is 1. The zero-order valence-corrected chi connectivity index (χ0v) is 12.2. The van der Waals surface area contributed by atoms with Gasteiger partial charge in [-0.25, -0.2) is 9.78 Å². The first-order valence-corrected chi connectivity index (χ1v) is 7.04. The van der Waals surface area contributed by atoms with Crippen LogP contribution in [0.15, 0.2) is 12.3 Å². The quantitative estimate of drug-likeness (QED) is 0.612. The summed E-state index contributed by atoms with van der Waals surface area (Å²) in [6, 6.07) is 1.49. The zero-order valence-electron chi connectivity index (χ0n) is 11.5. The van der Waals surface area contributed by atoms with E-state index in [9.17, 15) is 4.79 Å². The topological polar surface area (TPSA) is 65.2 Å². The maximum absolute atomic E-state index is 11.9. The molecule has 0 saturated carbocycles. The third-order valence-corrected chi connectivity index (χ3v) is 3.37. The Labute approximate surface area is 119 Å². The number of hydrogen-bond donors (Lipinski definition) is 1. The van der Waals surface area contributed by atoms with Crippen molar-refractivity contribution in [2.75, 3.05) is 12.3 Å². The molecule has 0 aliphatic rings. The van der Waals surface area contributed by atoms with Crippen LogP contribution in [0.5, 0.6) is 0 Å². The van der Waals surface area contributed by atoms with Crippen molar-refractivity contribution in [3.05, 3.63) is 23.0 Å². The third-order valence-electron chi connectivity index (χ3n) is 3.07. The van der Waals surface area contributed by atoms with Crippen molar-refractivity contribution in [3.63, 3.8) is 0 Å². The lowest BCUT2D eigenvalue weighted by Crippen LogP contribution is -2.15. The molecule has 4 nitrogen and oxygen atoms in total. The first-order valence-electron chi connectivity index (χ1n) is 6.66. The summed E-state index contributed by atoms with van der Waals surface area (Å²) in [6.07, 6.45) is 5.78. The highest BCUT2D eigenvalue weighted by Crippen LogP contribution is 2.18. The second kappa shape index (κ2) is 8.00. The van der Waals surface area contributed by atoms with Crippen LogP contribution in [0.2, 0.25) is 5.15 Å². The van der Waals surface area contributed by atoms with Crippen molar-refractivity contribution in [1.29, 1.82) is 0 Å². The first-order chi connectivity index (χ1) is 9.08. The highest BCUT2D eigenvalue weighted by Gasteiger charge is 2.15. The molecule has 0 saturated heterocycles. The highest BCUT2D eigenvalue weighted by molar-refractivity contribution is 6.32. The van der Waals surface area contributed by atoms with Crippen LogP contribution < -0.4 is 5.73 Å². The molecule has 2 N–H and O–H groups in total. The Kier molecular flexibility index (Phi) is 6.64. The summed E-state index contributed by atoms with van der Waals surface area (Å²) < 4.78 is 5.30. The monoisotopic (exact) mass is 284 g/mol. The number of nitrogens with zero attached hydrogens (tertiary/aromatic N) is 1. The lowest BCUT2D eigenvalue weighted by molar-refractivity contribution is 0.0428. The fourth-order valence-corrected chi connectivity index (χ4v) is 1.96. The number of nitrogen functional groups attached to an aromatic ring is 1. The van der Waals surface area contributed by atoms with Crippen LogP contribution in [0, 0.1) is 5.92 Å². The molecule has 0 fully saturated rings. The van der Waals surface area contributed by atoms with Crippen LogP contribution in [0.4, 0.5) is 5.69 Å². The van der Waals surface area contributed by atoms with Crippen molar-refractivity contribution >= 4 is 23.3 Å². The summed E-state index contributed by atoms with van der Waals surface area (Å²) >= 11 is 5.86. The molecule has 1 aromatic rings. The third kappa shape index (κ3) is 5.07. The molecule has 5 heteroatoms. The first kappa shape index (κ1) is 15.8. The smallest absolute Gasteiger partial charge is 0.341 e. The van der Waals surface area contributed by atoms with Crippen LogP contribution in [-0.2, 0) is 4.74 Å². The number of halogens is 1. The van der Waals surface area contributed by atoms with Gasteiger partial charge < -0.3 is 10.5 Å². The second-order valence-corrected chi connectivity index (χ2v) is 4.98. The molecule has 106 valence electrons. The molecule has 1 unspecified atom stereocenters. The molecule has 19 heavy (non-hydrogen) atoms. The molecular weight excluding hydrogens is 264 g/mol. The van der Waals surface area contributed by atoms with Crippen LogP contribution in [0.25, 0.3) is 0 Å². The fourth-order valence-electron chi connectivity index (χ4n) is 1.78. The Hall–Kier alpha value is -1.29. The molecule has 1 rings (SSSR count). The molecule has 0 amide bonds. The van der Waals surface area contributed by atoms with E-state index in [1.807, 2.05) is 0 Å². The Balaban J connectivity index is 2.56. The van der Waals surface area contributed by atoms with Gasteiger partial charge in [0, 0.05) is 0 Å². The number of nitrogens with two attached hydrogens (primary N) is 1. The molecule has 1 heterocycles. The Morgan fingerprint density at radius 3 is 2.89 bits per heavy atom. The highest BCUT2D eigenvalue weighted by atomic mass is 35.5. The predicted octanol–water partition coefficient (Wildman–Crippen LogP) is 3.69. The average Bonchev–Trinajstić information content (AvgIpc) is 2.41. The van der Waals surface area contributed by atoms with E-state index in [0.29, 0.717) is 18.2 Å². The maximum atomic E-state index is 11.9. The summed E-state index contributed by atoms with van der Waals surface area (Å²) in [5.41, 5.74) is 6.21. The molecule has 1 atom stereocenters. The number of esters is 1. The maximum Gasteiger partial charge on any atom is 0.341 e. The standard InChI is InChI=1S/C14H21ClN2O2/c1-3-5-6-10(4-2)9-19-14(18)12-7-11(16)8-17-13(12)15/h7-8,10H,3-6,9,16H2,1-2H3. The normalized spacial score (nSPS) is 12.2. The molecule has 0 bridgehead atoms. The molecule has 0 aliphatic heterocycles. The number of hydrogen-bond acceptors (Lipinski definition) is 4. The molecular formula is C14H21ClN2O2. The number of rotatable bonds is 7. The van der Waals surface area contributed by atoms with E-state index >= 15 is 0 Å². The van der Waals surface area contributed by atoms with E-state index in [2.05, 4.69) is 18.8 Å². The van der Waals surface area contributed by atoms with Crippen molar-refractivity contribution in [2.45, 2.75) is 39.5 Å². The summed E-state index contributed by atoms with van der Waals surface area (Å²) in [5, 5.41) is 0.126. The summed E-state index contributed by atoms with van der Waals surface area (Å²) in [4.78, 5) is 15.7. The Morgan fingerprint density at radius 2 is 2.26 bits per heavy atom. The van der Waals surface area contributed by atoms with Crippen LogP contribution in [-0.4, -0.2) is 17.6 Å². The molecule has 0 aliphatic carbocycles. The zero-order chi connectivity index (χ0) is 14.3. The van der Waals surface area contributed by atoms with Crippen LogP contribution >= 0.6 is 11.6 Å². The lowest BCUT2D eigenvalue weighted by Gasteiger charge is -2.14. The second-order valence-electron chi connectivity index (χ2n) is 4.62. The van der Waals surface area contributed by atoms with E-state index < -0.39 is 5.97 Å². The predicted molar refractivity (Wildman–Crippen MR) is 77.2 cm³/mol. The van der Waals surface area contributed by atoms with E-state index in [1.54, 1.807) is 0 Å². The number of aromatic nitrogens is 1. The average molecular weight is 285 g/mol. The van der Waals surface area contributed by atoms with Gasteiger partial charge in [-0.2, -0.15) is 0 Å². The fraction of sp³-hybridized carbons (Fsp3) is 0.571. The van der Waals surface area contributed by atoms with Gasteiger partial charge >= 0.3 is 5.97 Å². The van der Waals surface area contributed by atoms with Gasteiger partial charge in [0.25, 0.3) is 0 Å². The van der Waals surface area contributed by atoms with Crippen LogP contribution in [0.1, 0.15) is 49.9 Å². The largest absolute Gasteiger partial charge is 0.462 e. The van der Waals surface area contributed by atoms with Crippen molar-refractivity contribution < 1.29 is 9.53 Å². The van der Waals surface area contributed by atoms with Crippen molar-refractivity contribution in [2.24, 2.45) is 5.92 Å². The van der Waals surface area contributed by atoms with Gasteiger partial charge in [-0.3, -0.25) is 0 Å². The van der Waals surface area contributed by atoms with E-state index in [-0.39, 0.29) is 10.7 Å². The lowest BCUT2D eigenvalue weighted by atomic mass is 10.0. The Morgan fingerprint density at radius 1 is 1.53 bits per heavy atom. The van der Waals surface area contributed by atoms with E-state index in [1.165, 1.54) is 12.3 Å². The summed E-state index contributed by atoms with van der Waals surface area (Å²) in [7, 11) is 0. The van der Waals surface area contributed by atoms with Crippen molar-refractivity contribution in [3.8, 4) is 0 Å². The Bertz CT molecular complexity index is 424. The van der Waals surface area contributed by atoms with E-state index in [4.69, 9.17) is 22.1 Å². The number of unbranched alkanes of at least 4 members (excludes halogenated alkanes) is 1. The minimum atomic E-state index is -0.459. The number of pyridine rings is 1. The SMILES string of the molecule is CCCCC(CC)COC(=O)c1cc(N)cnc1Cl. The van der Waals surface area contributed by atoms with E-state index in [0.717, 1.165) is 25.7 Å². The molecule has 0 spiro atoms. The van der Waals surface area contributed by atoms with Crippen molar-refractivity contribution in [1.82, 2.24) is 4.98 Å². The molecule has 1 aromatic heterocycles. The van der Waals surface area contributed by atoms with Gasteiger partial charge in [-0.05, 0) is 18.4 Å². The summed E-state index contributed by atoms with van der Waals surface area (Å²) in [5.74, 6) is -0.0588. The van der Waals surface area contributed by atoms with Crippen LogP contribution in [0.3, 0.4) is 0 Å². The number of anilines is 1. The van der Waals surface area contributed by atoms with Gasteiger partial charge in [-0.1, -0.05) is 44.7 Å².